The SMILES string of the molecule is CCOc1cccc(CNCCN(C)C)c1OCc1ccc(Cl)cc1Cl.Cl.Cl. The minimum absolute atomic E-state index is 0. The van der Waals surface area contributed by atoms with E-state index in [1.807, 2.05) is 37.3 Å². The third-order valence-electron chi connectivity index (χ3n) is 3.80. The number of rotatable bonds is 10. The Kier molecular flexibility index (Phi) is 13.7. The number of likely N-dealkylation sites (N-methyl/N-ethyl adjacent to an activating group) is 1. The van der Waals surface area contributed by atoms with Gasteiger partial charge in [-0.2, -0.15) is 0 Å². The van der Waals surface area contributed by atoms with E-state index in [-0.39, 0.29) is 24.8 Å². The zero-order valence-electron chi connectivity index (χ0n) is 16.3. The lowest BCUT2D eigenvalue weighted by atomic mass is 10.1. The van der Waals surface area contributed by atoms with Gasteiger partial charge in [0.1, 0.15) is 6.61 Å². The summed E-state index contributed by atoms with van der Waals surface area (Å²) in [6, 6.07) is 11.4. The van der Waals surface area contributed by atoms with Crippen LogP contribution in [0.15, 0.2) is 36.4 Å². The fourth-order valence-electron chi connectivity index (χ4n) is 2.45. The van der Waals surface area contributed by atoms with Gasteiger partial charge in [-0.25, -0.2) is 0 Å². The molecule has 2 rings (SSSR count). The highest BCUT2D eigenvalue weighted by Crippen LogP contribution is 2.33. The first-order chi connectivity index (χ1) is 12.5. The average molecular weight is 470 g/mol. The molecule has 2 aromatic carbocycles. The normalized spacial score (nSPS) is 10.2. The number of nitrogens with one attached hydrogen (secondary N) is 1. The van der Waals surface area contributed by atoms with Crippen LogP contribution in [0.25, 0.3) is 0 Å². The molecule has 0 aliphatic rings. The predicted octanol–water partition coefficient (Wildman–Crippen LogP) is 5.47. The molecule has 0 aliphatic heterocycles. The molecule has 0 saturated carbocycles. The Morgan fingerprint density at radius 1 is 1.00 bits per heavy atom. The molecule has 1 N–H and O–H groups in total. The van der Waals surface area contributed by atoms with E-state index in [1.54, 1.807) is 6.07 Å². The Bertz CT molecular complexity index is 715. The summed E-state index contributed by atoms with van der Waals surface area (Å²) in [5.74, 6) is 1.49. The summed E-state index contributed by atoms with van der Waals surface area (Å²) in [7, 11) is 4.11. The lowest BCUT2D eigenvalue weighted by molar-refractivity contribution is 0.266. The number of ether oxygens (including phenoxy) is 2. The lowest BCUT2D eigenvalue weighted by Crippen LogP contribution is -2.26. The maximum atomic E-state index is 6.26. The van der Waals surface area contributed by atoms with Gasteiger partial charge in [0.2, 0.25) is 0 Å². The Hall–Kier alpha value is -0.880. The fourth-order valence-corrected chi connectivity index (χ4v) is 2.91. The van der Waals surface area contributed by atoms with Crippen LogP contribution in [-0.2, 0) is 13.2 Å². The van der Waals surface area contributed by atoms with Crippen LogP contribution in [0.1, 0.15) is 18.1 Å². The minimum Gasteiger partial charge on any atom is -0.490 e. The van der Waals surface area contributed by atoms with E-state index in [0.717, 1.165) is 35.7 Å². The van der Waals surface area contributed by atoms with Crippen LogP contribution >= 0.6 is 48.0 Å². The molecule has 0 unspecified atom stereocenters. The van der Waals surface area contributed by atoms with Gasteiger partial charge in [0.05, 0.1) is 6.61 Å². The fraction of sp³-hybridized carbons (Fsp3) is 0.400. The molecule has 0 aromatic heterocycles. The van der Waals surface area contributed by atoms with Crippen molar-refractivity contribution in [3.8, 4) is 11.5 Å². The van der Waals surface area contributed by atoms with Gasteiger partial charge in [-0.1, -0.05) is 41.4 Å². The summed E-state index contributed by atoms with van der Waals surface area (Å²) in [6.07, 6.45) is 0. The molecule has 8 heteroatoms. The predicted molar refractivity (Wildman–Crippen MR) is 123 cm³/mol. The number of para-hydroxylation sites is 1. The summed E-state index contributed by atoms with van der Waals surface area (Å²) in [5, 5.41) is 4.64. The maximum Gasteiger partial charge on any atom is 0.166 e. The quantitative estimate of drug-likeness (QED) is 0.468. The van der Waals surface area contributed by atoms with E-state index in [9.17, 15) is 0 Å². The number of halogens is 4. The van der Waals surface area contributed by atoms with E-state index in [4.69, 9.17) is 32.7 Å². The van der Waals surface area contributed by atoms with Gasteiger partial charge in [0.25, 0.3) is 0 Å². The molecule has 0 saturated heterocycles. The highest BCUT2D eigenvalue weighted by atomic mass is 35.5. The third-order valence-corrected chi connectivity index (χ3v) is 4.39. The standard InChI is InChI=1S/C20H26Cl2N2O2.2ClH/c1-4-25-19-7-5-6-15(13-23-10-11-24(2)3)20(19)26-14-16-8-9-17(21)12-18(16)22;;/h5-9,12,23H,4,10-11,13-14H2,1-3H3;2*1H. The van der Waals surface area contributed by atoms with E-state index in [0.29, 0.717) is 29.8 Å². The molecule has 0 bridgehead atoms. The van der Waals surface area contributed by atoms with Crippen LogP contribution in [0.5, 0.6) is 11.5 Å². The highest BCUT2D eigenvalue weighted by Gasteiger charge is 2.12. The minimum atomic E-state index is 0. The number of hydrogen-bond donors (Lipinski definition) is 1. The topological polar surface area (TPSA) is 33.7 Å². The first-order valence-electron chi connectivity index (χ1n) is 8.68. The van der Waals surface area contributed by atoms with Crippen molar-refractivity contribution in [1.29, 1.82) is 0 Å². The van der Waals surface area contributed by atoms with Gasteiger partial charge in [0, 0.05) is 40.8 Å². The van der Waals surface area contributed by atoms with Crippen molar-refractivity contribution in [2.45, 2.75) is 20.1 Å². The smallest absolute Gasteiger partial charge is 0.166 e. The molecular formula is C20H28Cl4N2O2. The second-order valence-electron chi connectivity index (χ2n) is 6.18. The summed E-state index contributed by atoms with van der Waals surface area (Å²) >= 11 is 12.2. The second kappa shape index (κ2) is 14.2. The first kappa shape index (κ1) is 27.1. The summed E-state index contributed by atoms with van der Waals surface area (Å²) in [5.41, 5.74) is 1.94. The van der Waals surface area contributed by atoms with Crippen molar-refractivity contribution in [2.75, 3.05) is 33.8 Å². The van der Waals surface area contributed by atoms with Crippen LogP contribution in [0, 0.1) is 0 Å². The van der Waals surface area contributed by atoms with Gasteiger partial charge in [-0.3, -0.25) is 0 Å². The van der Waals surface area contributed by atoms with Gasteiger partial charge in [-0.15, -0.1) is 24.8 Å². The number of nitrogens with zero attached hydrogens (tertiary/aromatic N) is 1. The molecule has 0 atom stereocenters. The van der Waals surface area contributed by atoms with E-state index < -0.39 is 0 Å². The molecule has 158 valence electrons. The van der Waals surface area contributed by atoms with Crippen molar-refractivity contribution in [2.24, 2.45) is 0 Å². The monoisotopic (exact) mass is 468 g/mol. The van der Waals surface area contributed by atoms with Crippen molar-refractivity contribution < 1.29 is 9.47 Å². The van der Waals surface area contributed by atoms with Crippen LogP contribution in [0.3, 0.4) is 0 Å². The Labute approximate surface area is 190 Å². The first-order valence-corrected chi connectivity index (χ1v) is 9.43. The van der Waals surface area contributed by atoms with Crippen molar-refractivity contribution in [3.63, 3.8) is 0 Å². The molecule has 0 amide bonds. The number of benzene rings is 2. The largest absolute Gasteiger partial charge is 0.490 e. The number of hydrogen-bond acceptors (Lipinski definition) is 4. The summed E-state index contributed by atoms with van der Waals surface area (Å²) in [6.45, 7) is 5.47. The van der Waals surface area contributed by atoms with Crippen LogP contribution in [-0.4, -0.2) is 38.7 Å². The molecule has 0 radical (unpaired) electrons. The molecule has 0 fully saturated rings. The van der Waals surface area contributed by atoms with E-state index >= 15 is 0 Å². The zero-order chi connectivity index (χ0) is 18.9. The van der Waals surface area contributed by atoms with E-state index in [1.165, 1.54) is 0 Å². The molecule has 28 heavy (non-hydrogen) atoms. The van der Waals surface area contributed by atoms with Crippen molar-refractivity contribution in [3.05, 3.63) is 57.6 Å². The van der Waals surface area contributed by atoms with Crippen LogP contribution < -0.4 is 14.8 Å². The average Bonchev–Trinajstić information content (AvgIpc) is 2.59. The van der Waals surface area contributed by atoms with Crippen LogP contribution in [0.2, 0.25) is 10.0 Å². The summed E-state index contributed by atoms with van der Waals surface area (Å²) in [4.78, 5) is 2.14. The zero-order valence-corrected chi connectivity index (χ0v) is 19.5. The molecule has 0 heterocycles. The second-order valence-corrected chi connectivity index (χ2v) is 7.03. The van der Waals surface area contributed by atoms with E-state index in [2.05, 4.69) is 24.3 Å². The van der Waals surface area contributed by atoms with Crippen molar-refractivity contribution >= 4 is 48.0 Å². The van der Waals surface area contributed by atoms with Gasteiger partial charge in [-0.05, 0) is 39.2 Å². The summed E-state index contributed by atoms with van der Waals surface area (Å²) < 4.78 is 11.8. The van der Waals surface area contributed by atoms with Crippen LogP contribution in [0.4, 0.5) is 0 Å². The Morgan fingerprint density at radius 3 is 2.39 bits per heavy atom. The molecular weight excluding hydrogens is 442 g/mol. The lowest BCUT2D eigenvalue weighted by Gasteiger charge is -2.17. The molecule has 4 nitrogen and oxygen atoms in total. The maximum absolute atomic E-state index is 6.26. The highest BCUT2D eigenvalue weighted by molar-refractivity contribution is 6.35. The Morgan fingerprint density at radius 2 is 1.75 bits per heavy atom. The van der Waals surface area contributed by atoms with Crippen molar-refractivity contribution in [1.82, 2.24) is 10.2 Å². The molecule has 2 aromatic rings. The van der Waals surface area contributed by atoms with Gasteiger partial charge >= 0.3 is 0 Å². The third kappa shape index (κ3) is 8.64. The Balaban J connectivity index is 0.00000364. The molecule has 0 spiro atoms. The van der Waals surface area contributed by atoms with Gasteiger partial charge in [0.15, 0.2) is 11.5 Å². The molecule has 0 aliphatic carbocycles. The van der Waals surface area contributed by atoms with Gasteiger partial charge < -0.3 is 19.7 Å².